The summed E-state index contributed by atoms with van der Waals surface area (Å²) < 4.78 is 9.58. The van der Waals surface area contributed by atoms with E-state index in [2.05, 4.69) is 4.99 Å². The SMILES string of the molecule is CC1=C(C(=O)OC(C)C)[C@H](c2ccc(Cl)cc2)n2c(s/c(=C/c3cn(CC(=O)N4CCCC4)c4ccccc34)c2=O)=N1. The predicted molar refractivity (Wildman–Crippen MR) is 164 cm³/mol. The van der Waals surface area contributed by atoms with Crippen LogP contribution in [-0.2, 0) is 20.9 Å². The lowest BCUT2D eigenvalue weighted by molar-refractivity contribution is -0.143. The number of halogens is 1. The zero-order chi connectivity index (χ0) is 29.5. The van der Waals surface area contributed by atoms with E-state index in [0.29, 0.717) is 25.6 Å². The first-order valence-corrected chi connectivity index (χ1v) is 15.3. The Hall–Kier alpha value is -3.95. The average molecular weight is 603 g/mol. The number of carbonyl (C=O) groups excluding carboxylic acids is 2. The molecule has 2 aliphatic heterocycles. The van der Waals surface area contributed by atoms with Crippen LogP contribution in [0.15, 0.2) is 75.8 Å². The Balaban J connectivity index is 1.48. The second-order valence-corrected chi connectivity index (χ2v) is 12.4. The number of ether oxygens (including phenoxy) is 1. The number of hydrogen-bond acceptors (Lipinski definition) is 6. The van der Waals surface area contributed by atoms with Crippen molar-refractivity contribution in [2.75, 3.05) is 13.1 Å². The average Bonchev–Trinajstić information content (AvgIpc) is 3.68. The largest absolute Gasteiger partial charge is 0.459 e. The molecule has 0 aliphatic carbocycles. The molecule has 1 amide bonds. The van der Waals surface area contributed by atoms with Gasteiger partial charge < -0.3 is 14.2 Å². The topological polar surface area (TPSA) is 85.9 Å². The fourth-order valence-electron chi connectivity index (χ4n) is 5.70. The number of benzene rings is 2. The molecule has 0 bridgehead atoms. The summed E-state index contributed by atoms with van der Waals surface area (Å²) in [5.74, 6) is -0.412. The molecule has 1 atom stereocenters. The van der Waals surface area contributed by atoms with E-state index in [1.807, 2.05) is 58.1 Å². The second kappa shape index (κ2) is 11.4. The van der Waals surface area contributed by atoms with Crippen molar-refractivity contribution < 1.29 is 14.3 Å². The van der Waals surface area contributed by atoms with Crippen molar-refractivity contribution in [1.82, 2.24) is 14.0 Å². The molecule has 6 rings (SSSR count). The Morgan fingerprint density at radius 2 is 1.83 bits per heavy atom. The molecule has 4 heterocycles. The van der Waals surface area contributed by atoms with Crippen molar-refractivity contribution in [3.8, 4) is 0 Å². The van der Waals surface area contributed by atoms with Crippen molar-refractivity contribution in [2.24, 2.45) is 4.99 Å². The Morgan fingerprint density at radius 1 is 1.12 bits per heavy atom. The van der Waals surface area contributed by atoms with Crippen LogP contribution < -0.4 is 14.9 Å². The number of hydrogen-bond donors (Lipinski definition) is 0. The van der Waals surface area contributed by atoms with Gasteiger partial charge in [0.05, 0.1) is 27.9 Å². The van der Waals surface area contributed by atoms with Crippen LogP contribution in [0.1, 0.15) is 50.8 Å². The molecule has 8 nitrogen and oxygen atoms in total. The van der Waals surface area contributed by atoms with Gasteiger partial charge in [0.1, 0.15) is 6.54 Å². The molecule has 0 radical (unpaired) electrons. The first kappa shape index (κ1) is 28.2. The molecule has 2 aromatic heterocycles. The van der Waals surface area contributed by atoms with Gasteiger partial charge >= 0.3 is 5.97 Å². The van der Waals surface area contributed by atoms with E-state index in [1.54, 1.807) is 37.5 Å². The summed E-state index contributed by atoms with van der Waals surface area (Å²) in [7, 11) is 0. The lowest BCUT2D eigenvalue weighted by Crippen LogP contribution is -2.40. The van der Waals surface area contributed by atoms with Gasteiger partial charge in [0.25, 0.3) is 5.56 Å². The number of esters is 1. The molecule has 2 aliphatic rings. The molecule has 4 aromatic rings. The van der Waals surface area contributed by atoms with Gasteiger partial charge in [-0.2, -0.15) is 0 Å². The van der Waals surface area contributed by atoms with Crippen LogP contribution in [0.4, 0.5) is 0 Å². The van der Waals surface area contributed by atoms with E-state index in [0.717, 1.165) is 48.0 Å². The minimum absolute atomic E-state index is 0.0958. The highest BCUT2D eigenvalue weighted by atomic mass is 35.5. The highest BCUT2D eigenvalue weighted by Gasteiger charge is 2.34. The van der Waals surface area contributed by atoms with Crippen LogP contribution >= 0.6 is 22.9 Å². The molecule has 42 heavy (non-hydrogen) atoms. The summed E-state index contributed by atoms with van der Waals surface area (Å²) in [5, 5.41) is 1.50. The number of likely N-dealkylation sites (tertiary alicyclic amines) is 1. The standard InChI is InChI=1S/C32H31ClN4O4S/c1-19(2)41-31(40)28-20(3)34-32-37(29(28)21-10-12-23(33)13-11-21)30(39)26(42-32)16-22-17-36(25-9-5-4-8-24(22)25)18-27(38)35-14-6-7-15-35/h4-5,8-13,16-17,19,29H,6-7,14-15,18H2,1-3H3/b26-16+/t29-/m0/s1. The van der Waals surface area contributed by atoms with Crippen LogP contribution in [0.25, 0.3) is 17.0 Å². The summed E-state index contributed by atoms with van der Waals surface area (Å²) in [6.45, 7) is 7.18. The smallest absolute Gasteiger partial charge is 0.338 e. The van der Waals surface area contributed by atoms with Crippen LogP contribution in [0.5, 0.6) is 0 Å². The molecule has 1 fully saturated rings. The predicted octanol–water partition coefficient (Wildman–Crippen LogP) is 4.42. The summed E-state index contributed by atoms with van der Waals surface area (Å²) in [4.78, 5) is 47.4. The van der Waals surface area contributed by atoms with Gasteiger partial charge in [0.2, 0.25) is 5.91 Å². The van der Waals surface area contributed by atoms with Gasteiger partial charge in [-0.15, -0.1) is 0 Å². The van der Waals surface area contributed by atoms with Gasteiger partial charge in [0.15, 0.2) is 4.80 Å². The Morgan fingerprint density at radius 3 is 2.55 bits per heavy atom. The molecule has 0 N–H and O–H groups in total. The fourth-order valence-corrected chi connectivity index (χ4v) is 6.86. The van der Waals surface area contributed by atoms with E-state index in [9.17, 15) is 14.4 Å². The number of fused-ring (bicyclic) bond motifs is 2. The van der Waals surface area contributed by atoms with Gasteiger partial charge in [-0.25, -0.2) is 9.79 Å². The second-order valence-electron chi connectivity index (χ2n) is 10.9. The highest BCUT2D eigenvalue weighted by molar-refractivity contribution is 7.07. The zero-order valence-electron chi connectivity index (χ0n) is 23.7. The van der Waals surface area contributed by atoms with E-state index < -0.39 is 12.0 Å². The van der Waals surface area contributed by atoms with Crippen molar-refractivity contribution >= 4 is 51.8 Å². The molecule has 216 valence electrons. The van der Waals surface area contributed by atoms with E-state index in [-0.39, 0.29) is 24.1 Å². The Kier molecular flexibility index (Phi) is 7.64. The molecule has 1 saturated heterocycles. The van der Waals surface area contributed by atoms with E-state index in [1.165, 1.54) is 11.3 Å². The van der Waals surface area contributed by atoms with Gasteiger partial charge in [-0.05, 0) is 63.5 Å². The first-order valence-electron chi connectivity index (χ1n) is 14.1. The molecular weight excluding hydrogens is 572 g/mol. The third-order valence-electron chi connectivity index (χ3n) is 7.64. The number of para-hydroxylation sites is 1. The van der Waals surface area contributed by atoms with Crippen LogP contribution in [0, 0.1) is 0 Å². The van der Waals surface area contributed by atoms with E-state index >= 15 is 0 Å². The number of amides is 1. The third-order valence-corrected chi connectivity index (χ3v) is 8.88. The van der Waals surface area contributed by atoms with Crippen LogP contribution in [-0.4, -0.2) is 45.1 Å². The molecule has 0 spiro atoms. The number of nitrogens with zero attached hydrogens (tertiary/aromatic N) is 4. The first-order chi connectivity index (χ1) is 20.2. The minimum Gasteiger partial charge on any atom is -0.459 e. The van der Waals surface area contributed by atoms with Gasteiger partial charge in [0, 0.05) is 40.8 Å². The number of carbonyl (C=O) groups is 2. The van der Waals surface area contributed by atoms with Crippen LogP contribution in [0.3, 0.4) is 0 Å². The number of aromatic nitrogens is 2. The zero-order valence-corrected chi connectivity index (χ0v) is 25.2. The normalized spacial score (nSPS) is 17.2. The number of thiazole rings is 1. The summed E-state index contributed by atoms with van der Waals surface area (Å²) in [5.41, 5.74) is 3.06. The summed E-state index contributed by atoms with van der Waals surface area (Å²) in [6.07, 6.45) is 5.54. The third kappa shape index (κ3) is 5.23. The van der Waals surface area contributed by atoms with Crippen molar-refractivity contribution in [2.45, 2.75) is 52.3 Å². The van der Waals surface area contributed by atoms with Gasteiger partial charge in [-0.3, -0.25) is 14.2 Å². The Labute approximate surface area is 251 Å². The van der Waals surface area contributed by atoms with Gasteiger partial charge in [-0.1, -0.05) is 53.3 Å². The maximum Gasteiger partial charge on any atom is 0.338 e. The highest BCUT2D eigenvalue weighted by Crippen LogP contribution is 2.32. The number of rotatable bonds is 6. The Bertz CT molecular complexity index is 1910. The molecule has 0 unspecified atom stereocenters. The fraction of sp³-hybridized carbons (Fsp3) is 0.312. The van der Waals surface area contributed by atoms with Crippen LogP contribution in [0.2, 0.25) is 5.02 Å². The lowest BCUT2D eigenvalue weighted by Gasteiger charge is -2.25. The van der Waals surface area contributed by atoms with Crippen molar-refractivity contribution in [3.63, 3.8) is 0 Å². The number of allylic oxidation sites excluding steroid dienone is 1. The molecule has 2 aromatic carbocycles. The quantitative estimate of drug-likeness (QED) is 0.306. The molecule has 0 saturated carbocycles. The minimum atomic E-state index is -0.716. The molecule has 10 heteroatoms. The lowest BCUT2D eigenvalue weighted by atomic mass is 9.96. The molecular formula is C32H31ClN4O4S. The maximum atomic E-state index is 14.1. The summed E-state index contributed by atoms with van der Waals surface area (Å²) in [6, 6.07) is 14.3. The van der Waals surface area contributed by atoms with E-state index in [4.69, 9.17) is 16.3 Å². The van der Waals surface area contributed by atoms with Crippen molar-refractivity contribution in [3.05, 3.63) is 102 Å². The maximum absolute atomic E-state index is 14.1. The van der Waals surface area contributed by atoms with Crippen molar-refractivity contribution in [1.29, 1.82) is 0 Å². The monoisotopic (exact) mass is 602 g/mol. The summed E-state index contributed by atoms with van der Waals surface area (Å²) >= 11 is 7.44.